The Labute approximate surface area is 136 Å². The highest BCUT2D eigenvalue weighted by atomic mass is 16.4. The highest BCUT2D eigenvalue weighted by Gasteiger charge is 2.39. The van der Waals surface area contributed by atoms with Gasteiger partial charge < -0.3 is 5.11 Å². The van der Waals surface area contributed by atoms with E-state index < -0.39 is 5.97 Å². The molecule has 0 amide bonds. The first-order valence-corrected chi connectivity index (χ1v) is 7.75. The Morgan fingerprint density at radius 1 is 1.13 bits per heavy atom. The maximum Gasteiger partial charge on any atom is 0.419 e. The van der Waals surface area contributed by atoms with Crippen LogP contribution in [0.4, 0.5) is 5.69 Å². The van der Waals surface area contributed by atoms with E-state index in [1.165, 1.54) is 5.56 Å². The number of carbonyl (C=O) groups is 1. The molecular formula is C19H21N2O2+. The zero-order valence-electron chi connectivity index (χ0n) is 13.6. The summed E-state index contributed by atoms with van der Waals surface area (Å²) in [6.45, 7) is 6.71. The molecule has 0 saturated heterocycles. The average molecular weight is 309 g/mol. The molecule has 1 heterocycles. The van der Waals surface area contributed by atoms with Gasteiger partial charge in [0.15, 0.2) is 6.04 Å². The predicted molar refractivity (Wildman–Crippen MR) is 90.4 cm³/mol. The Hall–Kier alpha value is -2.62. The lowest BCUT2D eigenvalue weighted by Crippen LogP contribution is -2.30. The van der Waals surface area contributed by atoms with Gasteiger partial charge in [0, 0.05) is 5.56 Å². The Balaban J connectivity index is 2.22. The maximum absolute atomic E-state index is 11.7. The molecular weight excluding hydrogens is 288 g/mol. The molecule has 0 fully saturated rings. The van der Waals surface area contributed by atoms with E-state index in [4.69, 9.17) is 0 Å². The zero-order chi connectivity index (χ0) is 16.6. The molecule has 1 aliphatic heterocycles. The van der Waals surface area contributed by atoms with Gasteiger partial charge >= 0.3 is 11.8 Å². The van der Waals surface area contributed by atoms with Crippen molar-refractivity contribution in [2.24, 2.45) is 0 Å². The van der Waals surface area contributed by atoms with Crippen LogP contribution in [0.25, 0.3) is 0 Å². The van der Waals surface area contributed by atoms with Crippen molar-refractivity contribution < 1.29 is 14.5 Å². The summed E-state index contributed by atoms with van der Waals surface area (Å²) < 4.78 is 1.93. The van der Waals surface area contributed by atoms with Crippen molar-refractivity contribution in [3.8, 4) is 0 Å². The lowest BCUT2D eigenvalue weighted by molar-refractivity contribution is -0.479. The molecule has 0 aromatic heterocycles. The number of nitrogens with one attached hydrogen (secondary N) is 1. The Morgan fingerprint density at radius 2 is 1.74 bits per heavy atom. The second kappa shape index (κ2) is 5.88. The lowest BCUT2D eigenvalue weighted by atomic mass is 10.0. The summed E-state index contributed by atoms with van der Waals surface area (Å²) in [6, 6.07) is 14.2. The normalized spacial score (nSPS) is 17.3. The van der Waals surface area contributed by atoms with Crippen molar-refractivity contribution in [1.29, 1.82) is 0 Å². The minimum atomic E-state index is -0.928. The molecule has 2 N–H and O–H groups in total. The Morgan fingerprint density at radius 3 is 2.30 bits per heavy atom. The van der Waals surface area contributed by atoms with Crippen molar-refractivity contribution in [2.75, 3.05) is 6.54 Å². The van der Waals surface area contributed by atoms with Crippen LogP contribution in [0.15, 0.2) is 42.5 Å². The third-order valence-corrected chi connectivity index (χ3v) is 4.28. The summed E-state index contributed by atoms with van der Waals surface area (Å²) >= 11 is 0. The van der Waals surface area contributed by atoms with Gasteiger partial charge in [-0.25, -0.2) is 9.37 Å². The number of aryl methyl sites for hydroxylation is 3. The van der Waals surface area contributed by atoms with Gasteiger partial charge in [-0.3, -0.25) is 5.32 Å². The smallest absolute Gasteiger partial charge is 0.419 e. The molecule has 4 heteroatoms. The van der Waals surface area contributed by atoms with E-state index in [1.54, 1.807) is 0 Å². The first-order valence-electron chi connectivity index (χ1n) is 7.75. The first kappa shape index (κ1) is 15.3. The third kappa shape index (κ3) is 2.72. The van der Waals surface area contributed by atoms with Crippen LogP contribution >= 0.6 is 0 Å². The molecule has 0 radical (unpaired) electrons. The molecule has 0 spiro atoms. The molecule has 0 bridgehead atoms. The number of nitrogens with zero attached hydrogens (tertiary/aromatic N) is 1. The predicted octanol–water partition coefficient (Wildman–Crippen LogP) is 3.08. The van der Waals surface area contributed by atoms with Crippen LogP contribution in [0.2, 0.25) is 0 Å². The van der Waals surface area contributed by atoms with E-state index in [2.05, 4.69) is 24.4 Å². The maximum atomic E-state index is 11.7. The van der Waals surface area contributed by atoms with Crippen molar-refractivity contribution >= 4 is 17.5 Å². The first-order chi connectivity index (χ1) is 11.0. The minimum absolute atomic E-state index is 0.0255. The van der Waals surface area contributed by atoms with Gasteiger partial charge in [0.25, 0.3) is 0 Å². The number of hydrogen-bond donors (Lipinski definition) is 2. The lowest BCUT2D eigenvalue weighted by Gasteiger charge is -2.17. The van der Waals surface area contributed by atoms with E-state index in [9.17, 15) is 9.90 Å². The van der Waals surface area contributed by atoms with Gasteiger partial charge in [-0.1, -0.05) is 48.0 Å². The fourth-order valence-electron chi connectivity index (χ4n) is 3.47. The van der Waals surface area contributed by atoms with Crippen LogP contribution in [0.5, 0.6) is 0 Å². The summed E-state index contributed by atoms with van der Waals surface area (Å²) in [4.78, 5) is 11.7. The van der Waals surface area contributed by atoms with E-state index >= 15 is 0 Å². The standard InChI is InChI=1S/C19H20N2O2/c1-12-9-13(2)17(14(3)10-12)21-16(11-20-18(21)19(22)23)15-7-5-4-6-8-15/h4-10,16H,11H2,1-3H3,(H,22,23)/p+1. The summed E-state index contributed by atoms with van der Waals surface area (Å²) in [7, 11) is 0. The van der Waals surface area contributed by atoms with Crippen molar-refractivity contribution in [3.05, 3.63) is 64.7 Å². The molecule has 3 rings (SSSR count). The van der Waals surface area contributed by atoms with E-state index in [1.807, 2.05) is 48.8 Å². The summed E-state index contributed by atoms with van der Waals surface area (Å²) in [5.74, 6) is -0.684. The van der Waals surface area contributed by atoms with E-state index in [0.717, 1.165) is 22.4 Å². The average Bonchev–Trinajstić information content (AvgIpc) is 2.92. The molecule has 1 atom stereocenters. The molecule has 23 heavy (non-hydrogen) atoms. The van der Waals surface area contributed by atoms with Crippen LogP contribution in [0.1, 0.15) is 28.3 Å². The van der Waals surface area contributed by atoms with Crippen LogP contribution in [-0.2, 0) is 4.79 Å². The van der Waals surface area contributed by atoms with Crippen LogP contribution < -0.4 is 5.32 Å². The second-order valence-electron chi connectivity index (χ2n) is 6.08. The molecule has 2 aromatic rings. The number of amidine groups is 1. The Bertz CT molecular complexity index is 771. The SMILES string of the molecule is Cc1cc(C)c([N+]2=C(C(=O)O)NCC2c2ccccc2)c(C)c1. The number of carboxylic acids is 1. The molecule has 118 valence electrons. The van der Waals surface area contributed by atoms with Gasteiger partial charge in [-0.2, -0.15) is 0 Å². The van der Waals surface area contributed by atoms with E-state index in [0.29, 0.717) is 6.54 Å². The van der Waals surface area contributed by atoms with Crippen LogP contribution in [0.3, 0.4) is 0 Å². The van der Waals surface area contributed by atoms with Gasteiger partial charge in [-0.05, 0) is 31.9 Å². The summed E-state index contributed by atoms with van der Waals surface area (Å²) in [6.07, 6.45) is 0. The third-order valence-electron chi connectivity index (χ3n) is 4.28. The molecule has 2 aromatic carbocycles. The van der Waals surface area contributed by atoms with Crippen molar-refractivity contribution in [3.63, 3.8) is 0 Å². The van der Waals surface area contributed by atoms with Gasteiger partial charge in [-0.15, -0.1) is 0 Å². The number of benzene rings is 2. The van der Waals surface area contributed by atoms with Crippen molar-refractivity contribution in [2.45, 2.75) is 26.8 Å². The number of hydrogen-bond acceptors (Lipinski definition) is 2. The minimum Gasteiger partial charge on any atom is -0.472 e. The second-order valence-corrected chi connectivity index (χ2v) is 6.08. The van der Waals surface area contributed by atoms with Gasteiger partial charge in [0.05, 0.1) is 0 Å². The topological polar surface area (TPSA) is 52.3 Å². The van der Waals surface area contributed by atoms with E-state index in [-0.39, 0.29) is 11.9 Å². The largest absolute Gasteiger partial charge is 0.472 e. The highest BCUT2D eigenvalue weighted by Crippen LogP contribution is 2.33. The molecule has 4 nitrogen and oxygen atoms in total. The molecule has 1 unspecified atom stereocenters. The number of carboxylic acid groups (broad SMARTS) is 1. The molecule has 1 aliphatic rings. The quantitative estimate of drug-likeness (QED) is 0.857. The molecule has 0 aliphatic carbocycles. The fraction of sp³-hybridized carbons (Fsp3) is 0.263. The zero-order valence-corrected chi connectivity index (χ0v) is 13.6. The van der Waals surface area contributed by atoms with Crippen LogP contribution in [-0.4, -0.2) is 28.0 Å². The fourth-order valence-corrected chi connectivity index (χ4v) is 3.47. The van der Waals surface area contributed by atoms with Gasteiger partial charge in [0.2, 0.25) is 0 Å². The highest BCUT2D eigenvalue weighted by molar-refractivity contribution is 6.32. The van der Waals surface area contributed by atoms with Crippen LogP contribution in [0, 0.1) is 20.8 Å². The molecule has 0 saturated carbocycles. The van der Waals surface area contributed by atoms with Crippen molar-refractivity contribution in [1.82, 2.24) is 5.32 Å². The summed E-state index contributed by atoms with van der Waals surface area (Å²) in [5, 5.41) is 12.7. The number of aliphatic carboxylic acids is 1. The Kier molecular flexibility index (Phi) is 3.90. The summed E-state index contributed by atoms with van der Waals surface area (Å²) in [5.41, 5.74) is 5.45. The number of rotatable bonds is 3. The van der Waals surface area contributed by atoms with Gasteiger partial charge in [0.1, 0.15) is 12.2 Å². The monoisotopic (exact) mass is 309 g/mol.